The third kappa shape index (κ3) is 9.60. The molecule has 7 nitrogen and oxygen atoms in total. The second kappa shape index (κ2) is 10.8. The van der Waals surface area contributed by atoms with Gasteiger partial charge in [-0.05, 0) is 0 Å². The minimum absolute atomic E-state index is 0.848. The molecule has 0 saturated heterocycles. The van der Waals surface area contributed by atoms with Crippen LogP contribution in [0.1, 0.15) is 0 Å². The predicted molar refractivity (Wildman–Crippen MR) is 83.9 cm³/mol. The molecular formula is C15H15O7P. The second-order valence-corrected chi connectivity index (χ2v) is 4.90. The zero-order valence-electron chi connectivity index (χ0n) is 12.1. The Morgan fingerprint density at radius 2 is 0.913 bits per heavy atom. The normalized spacial score (nSPS) is 11.3. The number of phosphoric acid groups is 1. The van der Waals surface area contributed by atoms with Crippen LogP contribution in [0.15, 0.2) is 74.4 Å². The predicted octanol–water partition coefficient (Wildman–Crippen LogP) is 2.95. The molecule has 0 spiro atoms. The molecule has 0 rings (SSSR count). The third-order valence-electron chi connectivity index (χ3n) is 1.71. The van der Waals surface area contributed by atoms with E-state index in [9.17, 15) is 18.9 Å². The molecule has 0 radical (unpaired) electrons. The Kier molecular flexibility index (Phi) is 9.39. The first-order valence-corrected chi connectivity index (χ1v) is 7.51. The molecule has 0 aromatic carbocycles. The summed E-state index contributed by atoms with van der Waals surface area (Å²) in [6.45, 7) is 9.97. The van der Waals surface area contributed by atoms with Crippen molar-refractivity contribution < 1.29 is 32.5 Å². The molecule has 0 aliphatic rings. The lowest BCUT2D eigenvalue weighted by Gasteiger charge is -2.13. The number of carbonyl (C=O) groups is 3. The molecule has 0 N–H and O–H groups in total. The highest BCUT2D eigenvalue weighted by Gasteiger charge is 2.37. The summed E-state index contributed by atoms with van der Waals surface area (Å²) in [5.74, 6) is -3.47. The van der Waals surface area contributed by atoms with Gasteiger partial charge in [-0.25, -0.2) is 14.4 Å². The Labute approximate surface area is 133 Å². The van der Waals surface area contributed by atoms with Crippen LogP contribution in [0.3, 0.4) is 0 Å². The van der Waals surface area contributed by atoms with E-state index in [2.05, 4.69) is 33.3 Å². The second-order valence-electron chi connectivity index (χ2n) is 3.46. The lowest BCUT2D eigenvalue weighted by atomic mass is 10.5. The van der Waals surface area contributed by atoms with Crippen molar-refractivity contribution in [3.05, 3.63) is 74.4 Å². The smallest absolute Gasteiger partial charge is 0.348 e. The summed E-state index contributed by atoms with van der Waals surface area (Å²) in [7, 11) is -4.81. The number of allylic oxidation sites excluding steroid dienone is 6. The van der Waals surface area contributed by atoms with E-state index < -0.39 is 25.7 Å². The van der Waals surface area contributed by atoms with Gasteiger partial charge in [0.25, 0.3) is 0 Å². The van der Waals surface area contributed by atoms with Gasteiger partial charge in [-0.15, -0.1) is 0 Å². The van der Waals surface area contributed by atoms with Crippen LogP contribution in [0.4, 0.5) is 0 Å². The minimum Gasteiger partial charge on any atom is -0.348 e. The van der Waals surface area contributed by atoms with Gasteiger partial charge in [0, 0.05) is 18.2 Å². The van der Waals surface area contributed by atoms with Crippen LogP contribution in [0.25, 0.3) is 0 Å². The summed E-state index contributed by atoms with van der Waals surface area (Å²) in [5.41, 5.74) is 0. The van der Waals surface area contributed by atoms with Gasteiger partial charge < -0.3 is 13.6 Å². The fourth-order valence-corrected chi connectivity index (χ4v) is 1.87. The first-order chi connectivity index (χ1) is 10.9. The van der Waals surface area contributed by atoms with Crippen molar-refractivity contribution in [3.8, 4) is 0 Å². The van der Waals surface area contributed by atoms with Crippen LogP contribution in [0, 0.1) is 0 Å². The molecule has 0 heterocycles. The van der Waals surface area contributed by atoms with Crippen LogP contribution in [-0.4, -0.2) is 17.9 Å². The van der Waals surface area contributed by atoms with E-state index in [1.807, 2.05) is 0 Å². The third-order valence-corrected chi connectivity index (χ3v) is 2.92. The topological polar surface area (TPSA) is 96.0 Å². The van der Waals surface area contributed by atoms with Crippen LogP contribution in [-0.2, 0) is 32.5 Å². The van der Waals surface area contributed by atoms with Gasteiger partial charge in [-0.2, -0.15) is 4.57 Å². The Morgan fingerprint density at radius 3 is 1.13 bits per heavy atom. The van der Waals surface area contributed by atoms with Gasteiger partial charge in [0.2, 0.25) is 0 Å². The zero-order valence-corrected chi connectivity index (χ0v) is 13.0. The molecule has 0 bridgehead atoms. The van der Waals surface area contributed by atoms with Crippen molar-refractivity contribution in [3.63, 3.8) is 0 Å². The largest absolute Gasteiger partial charge is 0.654 e. The van der Waals surface area contributed by atoms with E-state index in [1.165, 1.54) is 36.5 Å². The number of rotatable bonds is 9. The molecule has 122 valence electrons. The van der Waals surface area contributed by atoms with E-state index in [-0.39, 0.29) is 0 Å². The van der Waals surface area contributed by atoms with Gasteiger partial charge in [0.15, 0.2) is 0 Å². The molecule has 0 unspecified atom stereocenters. The quantitative estimate of drug-likeness (QED) is 0.362. The Morgan fingerprint density at radius 1 is 0.652 bits per heavy atom. The lowest BCUT2D eigenvalue weighted by Crippen LogP contribution is -2.11. The van der Waals surface area contributed by atoms with Crippen molar-refractivity contribution in [1.82, 2.24) is 0 Å². The molecule has 0 aliphatic carbocycles. The highest BCUT2D eigenvalue weighted by molar-refractivity contribution is 7.50. The molecule has 0 amide bonds. The maximum absolute atomic E-state index is 12.2. The van der Waals surface area contributed by atoms with Gasteiger partial charge >= 0.3 is 25.7 Å². The van der Waals surface area contributed by atoms with Crippen molar-refractivity contribution in [2.75, 3.05) is 0 Å². The first-order valence-electron chi connectivity index (χ1n) is 6.05. The number of phosphoric ester groups is 1. The summed E-state index contributed by atoms with van der Waals surface area (Å²) < 4.78 is 25.5. The zero-order chi connectivity index (χ0) is 17.7. The molecule has 0 atom stereocenters. The standard InChI is InChI=1S/C15H15O7P/c1-4-7-10-13(16)20-23(19,21-14(17)11-8-5-2)22-15(18)12-9-6-3/h4-12H,1-3H2/b10-7+,11-8+,12-9+. The Balaban J connectivity index is 5.24. The van der Waals surface area contributed by atoms with E-state index in [0.29, 0.717) is 0 Å². The van der Waals surface area contributed by atoms with Crippen molar-refractivity contribution in [2.45, 2.75) is 0 Å². The summed E-state index contributed by atoms with van der Waals surface area (Å²) >= 11 is 0. The molecule has 0 saturated carbocycles. The number of hydrogen-bond donors (Lipinski definition) is 0. The van der Waals surface area contributed by atoms with Crippen molar-refractivity contribution in [1.29, 1.82) is 0 Å². The fraction of sp³-hybridized carbons (Fsp3) is 0. The number of hydrogen-bond acceptors (Lipinski definition) is 7. The van der Waals surface area contributed by atoms with Crippen LogP contribution < -0.4 is 0 Å². The van der Waals surface area contributed by atoms with Crippen molar-refractivity contribution >= 4 is 25.7 Å². The Bertz CT molecular complexity index is 540. The van der Waals surface area contributed by atoms with Crippen LogP contribution >= 0.6 is 7.82 Å². The molecule has 23 heavy (non-hydrogen) atoms. The average molecular weight is 338 g/mol. The highest BCUT2D eigenvalue weighted by atomic mass is 31.2. The average Bonchev–Trinajstić information content (AvgIpc) is 2.48. The SMILES string of the molecule is C=C/C=C/C(=O)OP(=O)(OC(=O)/C=C/C=C)OC(=O)/C=C/C=C. The van der Waals surface area contributed by atoms with Gasteiger partial charge in [-0.3, -0.25) is 0 Å². The monoisotopic (exact) mass is 338 g/mol. The van der Waals surface area contributed by atoms with E-state index in [1.54, 1.807) is 0 Å². The summed E-state index contributed by atoms with van der Waals surface area (Å²) in [4.78, 5) is 34.3. The summed E-state index contributed by atoms with van der Waals surface area (Å²) in [6.07, 6.45) is 9.86. The fourth-order valence-electron chi connectivity index (χ4n) is 0.918. The molecule has 8 heteroatoms. The van der Waals surface area contributed by atoms with E-state index in [0.717, 1.165) is 18.2 Å². The Hall–Kier alpha value is -2.92. The van der Waals surface area contributed by atoms with Crippen LogP contribution in [0.5, 0.6) is 0 Å². The highest BCUT2D eigenvalue weighted by Crippen LogP contribution is 2.50. The molecule has 0 aliphatic heterocycles. The summed E-state index contributed by atoms with van der Waals surface area (Å²) in [5, 5.41) is 0. The molecular weight excluding hydrogens is 323 g/mol. The maximum Gasteiger partial charge on any atom is 0.654 e. The summed E-state index contributed by atoms with van der Waals surface area (Å²) in [6, 6.07) is 0. The van der Waals surface area contributed by atoms with Gasteiger partial charge in [-0.1, -0.05) is 56.2 Å². The van der Waals surface area contributed by atoms with E-state index in [4.69, 9.17) is 0 Å². The van der Waals surface area contributed by atoms with Gasteiger partial charge in [0.1, 0.15) is 0 Å². The number of carbonyl (C=O) groups excluding carboxylic acids is 3. The first kappa shape index (κ1) is 20.1. The van der Waals surface area contributed by atoms with Crippen LogP contribution in [0.2, 0.25) is 0 Å². The molecule has 0 aromatic rings. The maximum atomic E-state index is 12.2. The lowest BCUT2D eigenvalue weighted by molar-refractivity contribution is -0.138. The molecule has 0 aromatic heterocycles. The molecule has 0 fully saturated rings. The van der Waals surface area contributed by atoms with Crippen molar-refractivity contribution in [2.24, 2.45) is 0 Å². The van der Waals surface area contributed by atoms with Gasteiger partial charge in [0.05, 0.1) is 0 Å². The van der Waals surface area contributed by atoms with E-state index >= 15 is 0 Å². The minimum atomic E-state index is -4.81.